The van der Waals surface area contributed by atoms with Gasteiger partial charge in [-0.3, -0.25) is 4.79 Å². The molecule has 0 aliphatic carbocycles. The lowest BCUT2D eigenvalue weighted by atomic mass is 9.98. The van der Waals surface area contributed by atoms with Gasteiger partial charge >= 0.3 is 0 Å². The molecule has 5 nitrogen and oxygen atoms in total. The first-order chi connectivity index (χ1) is 13.1. The fraction of sp³-hybridized carbons (Fsp3) is 0.409. The van der Waals surface area contributed by atoms with Crippen molar-refractivity contribution in [3.63, 3.8) is 0 Å². The van der Waals surface area contributed by atoms with Crippen LogP contribution in [0.25, 0.3) is 0 Å². The van der Waals surface area contributed by atoms with E-state index in [9.17, 15) is 4.79 Å². The molecule has 0 fully saturated rings. The van der Waals surface area contributed by atoms with E-state index in [2.05, 4.69) is 13.0 Å². The van der Waals surface area contributed by atoms with Gasteiger partial charge in [-0.1, -0.05) is 25.1 Å². The Balaban J connectivity index is 2.08. The lowest BCUT2D eigenvalue weighted by Gasteiger charge is -2.31. The third kappa shape index (κ3) is 3.59. The monoisotopic (exact) mass is 369 g/mol. The van der Waals surface area contributed by atoms with E-state index < -0.39 is 0 Å². The zero-order valence-corrected chi connectivity index (χ0v) is 16.5. The summed E-state index contributed by atoms with van der Waals surface area (Å²) in [5, 5.41) is 0. The Bertz CT molecular complexity index is 793. The summed E-state index contributed by atoms with van der Waals surface area (Å²) < 4.78 is 16.5. The minimum absolute atomic E-state index is 0.0430. The molecule has 3 rings (SSSR count). The predicted octanol–water partition coefficient (Wildman–Crippen LogP) is 4.25. The van der Waals surface area contributed by atoms with Crippen molar-refractivity contribution < 1.29 is 19.0 Å². The normalized spacial score (nSPS) is 16.5. The topological polar surface area (TPSA) is 48.0 Å². The fourth-order valence-electron chi connectivity index (χ4n) is 3.83. The number of amides is 1. The first kappa shape index (κ1) is 19.1. The number of carbonyl (C=O) groups excluding carboxylic acids is 1. The molecule has 1 aliphatic rings. The van der Waals surface area contributed by atoms with Crippen LogP contribution in [0.2, 0.25) is 0 Å². The van der Waals surface area contributed by atoms with Crippen molar-refractivity contribution in [3.8, 4) is 17.2 Å². The van der Waals surface area contributed by atoms with E-state index in [1.165, 1.54) is 0 Å². The average Bonchev–Trinajstić information content (AvgIpc) is 2.84. The molecule has 1 unspecified atom stereocenters. The maximum absolute atomic E-state index is 13.3. The Hall–Kier alpha value is -2.69. The zero-order valence-electron chi connectivity index (χ0n) is 16.5. The summed E-state index contributed by atoms with van der Waals surface area (Å²) in [5.74, 6) is 1.87. The van der Waals surface area contributed by atoms with Crippen LogP contribution in [0.4, 0.5) is 0 Å². The molecule has 5 heteroatoms. The van der Waals surface area contributed by atoms with Gasteiger partial charge < -0.3 is 19.1 Å². The number of hydrogen-bond donors (Lipinski definition) is 0. The summed E-state index contributed by atoms with van der Waals surface area (Å²) in [4.78, 5) is 15.3. The van der Waals surface area contributed by atoms with Crippen LogP contribution < -0.4 is 14.2 Å². The molecule has 0 saturated heterocycles. The van der Waals surface area contributed by atoms with Crippen molar-refractivity contribution >= 4 is 5.91 Å². The third-order valence-corrected chi connectivity index (χ3v) is 5.11. The highest BCUT2D eigenvalue weighted by atomic mass is 16.5. The standard InChI is InChI=1S/C22H27NO4/c1-5-12-23-18(11-10-15-8-6-7-9-17(15)22(23)24)16-13-19(25-2)21(27-4)20(14-16)26-3/h6-9,13-14,18H,5,10-12H2,1-4H3. The van der Waals surface area contributed by atoms with E-state index in [0.29, 0.717) is 23.8 Å². The molecule has 0 radical (unpaired) electrons. The van der Waals surface area contributed by atoms with Crippen molar-refractivity contribution in [3.05, 3.63) is 53.1 Å². The fourth-order valence-corrected chi connectivity index (χ4v) is 3.83. The minimum Gasteiger partial charge on any atom is -0.493 e. The van der Waals surface area contributed by atoms with Crippen molar-refractivity contribution in [1.82, 2.24) is 4.90 Å². The van der Waals surface area contributed by atoms with Crippen LogP contribution in [0.1, 0.15) is 47.3 Å². The van der Waals surface area contributed by atoms with E-state index in [0.717, 1.165) is 36.0 Å². The summed E-state index contributed by atoms with van der Waals surface area (Å²) in [6, 6.07) is 11.8. The minimum atomic E-state index is -0.0430. The number of rotatable bonds is 6. The molecule has 1 aliphatic heterocycles. The van der Waals surface area contributed by atoms with E-state index >= 15 is 0 Å². The number of ether oxygens (including phenoxy) is 3. The molecular weight excluding hydrogens is 342 g/mol. The van der Waals surface area contributed by atoms with Crippen molar-refractivity contribution in [2.45, 2.75) is 32.2 Å². The molecule has 0 saturated carbocycles. The second kappa shape index (κ2) is 8.33. The Morgan fingerprint density at radius 1 is 1.04 bits per heavy atom. The maximum Gasteiger partial charge on any atom is 0.254 e. The van der Waals surface area contributed by atoms with E-state index in [-0.39, 0.29) is 11.9 Å². The second-order valence-corrected chi connectivity index (χ2v) is 6.67. The van der Waals surface area contributed by atoms with Gasteiger partial charge in [0.2, 0.25) is 5.75 Å². The number of nitrogens with zero attached hydrogens (tertiary/aromatic N) is 1. The summed E-state index contributed by atoms with van der Waals surface area (Å²) in [5.41, 5.74) is 2.92. The molecular formula is C22H27NO4. The number of fused-ring (bicyclic) bond motifs is 1. The van der Waals surface area contributed by atoms with E-state index in [4.69, 9.17) is 14.2 Å². The van der Waals surface area contributed by atoms with Crippen molar-refractivity contribution in [2.75, 3.05) is 27.9 Å². The predicted molar refractivity (Wildman–Crippen MR) is 105 cm³/mol. The highest BCUT2D eigenvalue weighted by Crippen LogP contribution is 2.42. The molecule has 1 atom stereocenters. The summed E-state index contributed by atoms with van der Waals surface area (Å²) in [6.07, 6.45) is 2.60. The number of methoxy groups -OCH3 is 3. The van der Waals surface area contributed by atoms with Gasteiger partial charge in [0.25, 0.3) is 5.91 Å². The van der Waals surface area contributed by atoms with Gasteiger partial charge in [0.1, 0.15) is 0 Å². The molecule has 2 aromatic carbocycles. The van der Waals surface area contributed by atoms with Crippen LogP contribution >= 0.6 is 0 Å². The van der Waals surface area contributed by atoms with Gasteiger partial charge in [0.15, 0.2) is 11.5 Å². The number of hydrogen-bond acceptors (Lipinski definition) is 4. The van der Waals surface area contributed by atoms with Crippen LogP contribution in [0.5, 0.6) is 17.2 Å². The number of carbonyl (C=O) groups is 1. The van der Waals surface area contributed by atoms with E-state index in [1.807, 2.05) is 35.2 Å². The summed E-state index contributed by atoms with van der Waals surface area (Å²) in [7, 11) is 4.81. The number of aryl methyl sites for hydroxylation is 1. The van der Waals surface area contributed by atoms with Gasteiger partial charge in [-0.15, -0.1) is 0 Å². The quantitative estimate of drug-likeness (QED) is 0.764. The van der Waals surface area contributed by atoms with Crippen LogP contribution in [0.3, 0.4) is 0 Å². The van der Waals surface area contributed by atoms with Crippen molar-refractivity contribution in [1.29, 1.82) is 0 Å². The smallest absolute Gasteiger partial charge is 0.254 e. The summed E-state index contributed by atoms with van der Waals surface area (Å²) >= 11 is 0. The average molecular weight is 369 g/mol. The van der Waals surface area contributed by atoms with Gasteiger partial charge in [0.05, 0.1) is 27.4 Å². The molecule has 0 bridgehead atoms. The van der Waals surface area contributed by atoms with Gasteiger partial charge in [-0.2, -0.15) is 0 Å². The highest BCUT2D eigenvalue weighted by molar-refractivity contribution is 5.96. The van der Waals surface area contributed by atoms with Gasteiger partial charge in [0, 0.05) is 12.1 Å². The van der Waals surface area contributed by atoms with Gasteiger partial charge in [-0.05, 0) is 48.6 Å². The summed E-state index contributed by atoms with van der Waals surface area (Å²) in [6.45, 7) is 2.80. The molecule has 0 aromatic heterocycles. The zero-order chi connectivity index (χ0) is 19.4. The Morgan fingerprint density at radius 2 is 1.70 bits per heavy atom. The SMILES string of the molecule is CCCN1C(=O)c2ccccc2CCC1c1cc(OC)c(OC)c(OC)c1. The third-order valence-electron chi connectivity index (χ3n) is 5.11. The molecule has 0 N–H and O–H groups in total. The van der Waals surface area contributed by atoms with Crippen LogP contribution in [0.15, 0.2) is 36.4 Å². The molecule has 1 heterocycles. The molecule has 27 heavy (non-hydrogen) atoms. The Kier molecular flexibility index (Phi) is 5.89. The molecule has 1 amide bonds. The molecule has 2 aromatic rings. The van der Waals surface area contributed by atoms with Crippen LogP contribution in [-0.4, -0.2) is 38.7 Å². The van der Waals surface area contributed by atoms with E-state index in [1.54, 1.807) is 21.3 Å². The largest absolute Gasteiger partial charge is 0.493 e. The van der Waals surface area contributed by atoms with Crippen LogP contribution in [0, 0.1) is 0 Å². The lowest BCUT2D eigenvalue weighted by Crippen LogP contribution is -2.34. The number of benzene rings is 2. The molecule has 0 spiro atoms. The van der Waals surface area contributed by atoms with Crippen LogP contribution in [-0.2, 0) is 6.42 Å². The second-order valence-electron chi connectivity index (χ2n) is 6.67. The first-order valence-corrected chi connectivity index (χ1v) is 9.33. The Morgan fingerprint density at radius 3 is 2.30 bits per heavy atom. The lowest BCUT2D eigenvalue weighted by molar-refractivity contribution is 0.0677. The molecule has 144 valence electrons. The highest BCUT2D eigenvalue weighted by Gasteiger charge is 2.31. The van der Waals surface area contributed by atoms with Gasteiger partial charge in [-0.25, -0.2) is 0 Å². The maximum atomic E-state index is 13.3. The Labute approximate surface area is 160 Å². The first-order valence-electron chi connectivity index (χ1n) is 9.33. The van der Waals surface area contributed by atoms with Crippen molar-refractivity contribution in [2.24, 2.45) is 0 Å².